The number of rotatable bonds is 4. The van der Waals surface area contributed by atoms with Crippen molar-refractivity contribution in [1.29, 1.82) is 0 Å². The van der Waals surface area contributed by atoms with Crippen LogP contribution < -0.4 is 0 Å². The molecule has 0 aromatic rings. The van der Waals surface area contributed by atoms with E-state index in [1.165, 1.54) is 89.9 Å². The van der Waals surface area contributed by atoms with E-state index in [1.54, 1.807) is 0 Å². The second kappa shape index (κ2) is 10.5. The highest BCUT2D eigenvalue weighted by Crippen LogP contribution is 2.64. The highest BCUT2D eigenvalue weighted by molar-refractivity contribution is 7.81. The van der Waals surface area contributed by atoms with Crippen molar-refractivity contribution in [2.24, 2.45) is 70.0 Å². The molecule has 14 atom stereocenters. The molecule has 0 spiro atoms. The lowest BCUT2D eigenvalue weighted by molar-refractivity contribution is -0.0710. The normalized spacial score (nSPS) is 54.7. The molecule has 8 aliphatic carbocycles. The largest absolute Gasteiger partial charge is 0.400 e. The topological polar surface area (TPSA) is 52.6 Å². The molecule has 0 N–H and O–H groups in total. The van der Waals surface area contributed by atoms with E-state index in [0.29, 0.717) is 22.7 Å². The smallest absolute Gasteiger partial charge is 0.245 e. The predicted octanol–water partition coefficient (Wildman–Crippen LogP) is 9.09. The van der Waals surface area contributed by atoms with Gasteiger partial charge >= 0.3 is 10.4 Å². The highest BCUT2D eigenvalue weighted by Gasteiger charge is 2.55. The average molecular weight is 587 g/mol. The second-order valence-corrected chi connectivity index (χ2v) is 18.7. The van der Waals surface area contributed by atoms with Crippen LogP contribution in [-0.2, 0) is 18.8 Å². The number of hydrogen-bond donors (Lipinski definition) is 0. The van der Waals surface area contributed by atoms with E-state index < -0.39 is 10.4 Å². The fourth-order valence-corrected chi connectivity index (χ4v) is 15.2. The lowest BCUT2D eigenvalue weighted by Gasteiger charge is -2.55. The van der Waals surface area contributed by atoms with Crippen molar-refractivity contribution in [2.75, 3.05) is 0 Å². The lowest BCUT2D eigenvalue weighted by atomic mass is 9.50. The molecule has 0 radical (unpaired) electrons. The van der Waals surface area contributed by atoms with Gasteiger partial charge in [-0.05, 0) is 186 Å². The van der Waals surface area contributed by atoms with Gasteiger partial charge in [0.1, 0.15) is 0 Å². The van der Waals surface area contributed by atoms with Crippen LogP contribution in [0.5, 0.6) is 0 Å². The third-order valence-corrected chi connectivity index (χ3v) is 16.9. The molecule has 8 fully saturated rings. The second-order valence-electron chi connectivity index (χ2n) is 17.5. The molecule has 0 aromatic heterocycles. The third-order valence-electron chi connectivity index (χ3n) is 15.9. The van der Waals surface area contributed by atoms with Crippen molar-refractivity contribution in [1.82, 2.24) is 0 Å². The number of fused-ring (bicyclic) bond motifs is 10. The van der Waals surface area contributed by atoms with Crippen molar-refractivity contribution in [3.63, 3.8) is 0 Å². The molecular formula is C36H58O4S. The maximum Gasteiger partial charge on any atom is 0.400 e. The number of hydrogen-bond acceptors (Lipinski definition) is 4. The van der Waals surface area contributed by atoms with Crippen molar-refractivity contribution in [2.45, 2.75) is 154 Å². The fourth-order valence-electron chi connectivity index (χ4n) is 14.1. The first-order valence-corrected chi connectivity index (χ1v) is 19.7. The summed E-state index contributed by atoms with van der Waals surface area (Å²) >= 11 is 0. The van der Waals surface area contributed by atoms with E-state index in [0.717, 1.165) is 85.9 Å². The van der Waals surface area contributed by atoms with E-state index in [1.807, 2.05) is 0 Å². The molecule has 5 heteroatoms. The Kier molecular flexibility index (Phi) is 7.24. The van der Waals surface area contributed by atoms with Gasteiger partial charge in [0, 0.05) is 0 Å². The Morgan fingerprint density at radius 3 is 1.39 bits per heavy atom. The molecule has 8 rings (SSSR count). The molecule has 232 valence electrons. The zero-order chi connectivity index (χ0) is 28.0. The standard InChI is InChI=1S/C36H58O4S/c1-35-17-3-5-33(35)31-11-7-23-21-25(9-13-27(23)29(31)15-19-35)39-41(37,38)40-26-10-14-28-24(22-26)8-12-32-30(28)16-20-36(2)18-4-6-34(32)36/h23-34H,3-22H2,1-2H3/t23-,24-,25-,26-,27+,28+,29+,30+,31-,32-,33+,34+,35-,36-/m1/s1. The molecule has 4 nitrogen and oxygen atoms in total. The van der Waals surface area contributed by atoms with Gasteiger partial charge in [0.25, 0.3) is 0 Å². The van der Waals surface area contributed by atoms with Crippen LogP contribution in [-0.4, -0.2) is 20.6 Å². The van der Waals surface area contributed by atoms with Crippen LogP contribution in [0.25, 0.3) is 0 Å². The third kappa shape index (κ3) is 4.91. The maximum atomic E-state index is 13.2. The first kappa shape index (κ1) is 28.4. The quantitative estimate of drug-likeness (QED) is 0.330. The van der Waals surface area contributed by atoms with E-state index >= 15 is 0 Å². The molecule has 0 bridgehead atoms. The lowest BCUT2D eigenvalue weighted by Crippen LogP contribution is -2.48. The summed E-state index contributed by atoms with van der Waals surface area (Å²) in [6.07, 6.45) is 25.3. The van der Waals surface area contributed by atoms with Gasteiger partial charge in [-0.2, -0.15) is 8.42 Å². The monoisotopic (exact) mass is 586 g/mol. The Balaban J connectivity index is 0.848. The van der Waals surface area contributed by atoms with Crippen LogP contribution in [0, 0.1) is 70.0 Å². The fraction of sp³-hybridized carbons (Fsp3) is 1.00. The van der Waals surface area contributed by atoms with Gasteiger partial charge in [0.2, 0.25) is 0 Å². The van der Waals surface area contributed by atoms with Gasteiger partial charge in [0.15, 0.2) is 0 Å². The van der Waals surface area contributed by atoms with E-state index in [4.69, 9.17) is 8.37 Å². The first-order valence-electron chi connectivity index (χ1n) is 18.3. The Morgan fingerprint density at radius 1 is 0.488 bits per heavy atom. The summed E-state index contributed by atoms with van der Waals surface area (Å²) in [5, 5.41) is 0. The summed E-state index contributed by atoms with van der Waals surface area (Å²) < 4.78 is 38.2. The van der Waals surface area contributed by atoms with Crippen LogP contribution in [0.1, 0.15) is 142 Å². The Bertz CT molecular complexity index is 1010. The molecule has 8 aliphatic rings. The van der Waals surface area contributed by atoms with Crippen molar-refractivity contribution >= 4 is 10.4 Å². The molecule has 8 saturated carbocycles. The maximum absolute atomic E-state index is 13.2. The molecule has 41 heavy (non-hydrogen) atoms. The summed E-state index contributed by atoms with van der Waals surface area (Å²) in [7, 11) is -3.94. The highest BCUT2D eigenvalue weighted by atomic mass is 32.3. The van der Waals surface area contributed by atoms with E-state index in [-0.39, 0.29) is 12.2 Å². The van der Waals surface area contributed by atoms with Crippen LogP contribution >= 0.6 is 0 Å². The van der Waals surface area contributed by atoms with Crippen LogP contribution in [0.15, 0.2) is 0 Å². The Hall–Kier alpha value is -0.130. The van der Waals surface area contributed by atoms with Gasteiger partial charge in [-0.3, -0.25) is 0 Å². The first-order chi connectivity index (χ1) is 19.7. The van der Waals surface area contributed by atoms with Crippen LogP contribution in [0.4, 0.5) is 0 Å². The van der Waals surface area contributed by atoms with Gasteiger partial charge in [0.05, 0.1) is 12.2 Å². The minimum Gasteiger partial charge on any atom is -0.245 e. The van der Waals surface area contributed by atoms with Crippen molar-refractivity contribution in [3.05, 3.63) is 0 Å². The molecule has 0 unspecified atom stereocenters. The molecule has 0 aliphatic heterocycles. The Morgan fingerprint density at radius 2 is 0.927 bits per heavy atom. The van der Waals surface area contributed by atoms with Crippen LogP contribution in [0.2, 0.25) is 0 Å². The zero-order valence-electron chi connectivity index (χ0n) is 26.1. The molecule has 0 amide bonds. The molecule has 0 aromatic carbocycles. The minimum atomic E-state index is -3.94. The van der Waals surface area contributed by atoms with Gasteiger partial charge < -0.3 is 0 Å². The van der Waals surface area contributed by atoms with E-state index in [2.05, 4.69) is 13.8 Å². The summed E-state index contributed by atoms with van der Waals surface area (Å²) in [5.41, 5.74) is 1.23. The van der Waals surface area contributed by atoms with Gasteiger partial charge in [-0.25, -0.2) is 8.37 Å². The summed E-state index contributed by atoms with van der Waals surface area (Å²) in [4.78, 5) is 0. The molecular weight excluding hydrogens is 528 g/mol. The minimum absolute atomic E-state index is 0.173. The predicted molar refractivity (Wildman–Crippen MR) is 162 cm³/mol. The Labute approximate surface area is 251 Å². The van der Waals surface area contributed by atoms with Gasteiger partial charge in [-0.1, -0.05) is 26.7 Å². The van der Waals surface area contributed by atoms with Crippen molar-refractivity contribution < 1.29 is 16.8 Å². The summed E-state index contributed by atoms with van der Waals surface area (Å²) in [6.45, 7) is 5.17. The summed E-state index contributed by atoms with van der Waals surface area (Å²) in [5.74, 6) is 8.45. The van der Waals surface area contributed by atoms with Crippen molar-refractivity contribution in [3.8, 4) is 0 Å². The zero-order valence-corrected chi connectivity index (χ0v) is 26.9. The van der Waals surface area contributed by atoms with Crippen LogP contribution in [0.3, 0.4) is 0 Å². The SMILES string of the molecule is C[C@]12CCC[C@H]1[C@@H]1CC[C@@H]3C[C@H](OS(=O)(=O)O[C@@H]4CC[C@H]5[C@H](CC[C@@H]6[C@H]5CC[C@@]5(C)CCC[C@@H]65)C4)CC[C@@H]3[C@@H]1CC2. The van der Waals surface area contributed by atoms with Gasteiger partial charge in [-0.15, -0.1) is 0 Å². The molecule has 0 saturated heterocycles. The van der Waals surface area contributed by atoms with E-state index in [9.17, 15) is 8.42 Å². The average Bonchev–Trinajstić information content (AvgIpc) is 3.54. The summed E-state index contributed by atoms with van der Waals surface area (Å²) in [6, 6.07) is 0. The molecule has 0 heterocycles.